The van der Waals surface area contributed by atoms with Gasteiger partial charge in [0.2, 0.25) is 0 Å². The summed E-state index contributed by atoms with van der Waals surface area (Å²) in [5.74, 6) is -0.0411. The third-order valence-corrected chi connectivity index (χ3v) is 3.39. The van der Waals surface area contributed by atoms with Crippen molar-refractivity contribution in [2.75, 3.05) is 0 Å². The average Bonchev–Trinajstić information content (AvgIpc) is 2.48. The first kappa shape index (κ1) is 14.1. The minimum Gasteiger partial charge on any atom is -0.294 e. The van der Waals surface area contributed by atoms with Crippen LogP contribution in [-0.2, 0) is 0 Å². The maximum atomic E-state index is 12.1. The quantitative estimate of drug-likeness (QED) is 0.778. The van der Waals surface area contributed by atoms with Crippen molar-refractivity contribution in [1.82, 2.24) is 4.98 Å². The Morgan fingerprint density at radius 1 is 0.950 bits per heavy atom. The Labute approximate surface area is 118 Å². The van der Waals surface area contributed by atoms with Crippen LogP contribution in [0.4, 0.5) is 0 Å². The normalized spacial score (nSPS) is 10.3. The highest BCUT2D eigenvalue weighted by Crippen LogP contribution is 2.13. The summed E-state index contributed by atoms with van der Waals surface area (Å²) in [4.78, 5) is 27.9. The molecule has 0 aliphatic rings. The van der Waals surface area contributed by atoms with Gasteiger partial charge in [-0.25, -0.2) is 0 Å². The van der Waals surface area contributed by atoms with Gasteiger partial charge in [0.25, 0.3) is 0 Å². The van der Waals surface area contributed by atoms with E-state index in [0.717, 1.165) is 11.1 Å². The van der Waals surface area contributed by atoms with Crippen molar-refractivity contribution in [3.8, 4) is 0 Å². The minimum atomic E-state index is -0.0460. The van der Waals surface area contributed by atoms with E-state index in [1.54, 1.807) is 18.3 Å². The van der Waals surface area contributed by atoms with Crippen LogP contribution in [0, 0.1) is 13.8 Å². The largest absolute Gasteiger partial charge is 0.294 e. The fraction of sp³-hybridized carbons (Fsp3) is 0.235. The summed E-state index contributed by atoms with van der Waals surface area (Å²) < 4.78 is 0. The van der Waals surface area contributed by atoms with Gasteiger partial charge in [-0.15, -0.1) is 0 Å². The van der Waals surface area contributed by atoms with Crippen molar-refractivity contribution in [3.63, 3.8) is 0 Å². The Morgan fingerprint density at radius 2 is 1.65 bits per heavy atom. The molecule has 102 valence electrons. The monoisotopic (exact) mass is 267 g/mol. The molecule has 1 aromatic carbocycles. The molecule has 0 aliphatic heterocycles. The standard InChI is InChI=1S/C17H17NO2/c1-12-5-6-14(10-13(12)2)16(19)7-8-17(20)15-4-3-9-18-11-15/h3-6,9-11H,7-8H2,1-2H3. The molecule has 0 radical (unpaired) electrons. The fourth-order valence-electron chi connectivity index (χ4n) is 1.96. The number of hydrogen-bond acceptors (Lipinski definition) is 3. The Bertz CT molecular complexity index is 633. The lowest BCUT2D eigenvalue weighted by Crippen LogP contribution is -2.06. The SMILES string of the molecule is Cc1ccc(C(=O)CCC(=O)c2cccnc2)cc1C. The number of carbonyl (C=O) groups is 2. The van der Waals surface area contributed by atoms with E-state index in [-0.39, 0.29) is 24.4 Å². The van der Waals surface area contributed by atoms with Crippen LogP contribution in [0.2, 0.25) is 0 Å². The molecule has 0 unspecified atom stereocenters. The van der Waals surface area contributed by atoms with Crippen LogP contribution in [0.3, 0.4) is 0 Å². The fourth-order valence-corrected chi connectivity index (χ4v) is 1.96. The summed E-state index contributed by atoms with van der Waals surface area (Å²) in [5.41, 5.74) is 3.48. The van der Waals surface area contributed by atoms with Gasteiger partial charge in [-0.05, 0) is 43.2 Å². The molecule has 0 saturated heterocycles. The number of rotatable bonds is 5. The van der Waals surface area contributed by atoms with E-state index in [2.05, 4.69) is 4.98 Å². The zero-order valence-electron chi connectivity index (χ0n) is 11.7. The first-order chi connectivity index (χ1) is 9.58. The number of benzene rings is 1. The number of aryl methyl sites for hydroxylation is 2. The van der Waals surface area contributed by atoms with Crippen LogP contribution in [0.15, 0.2) is 42.7 Å². The summed E-state index contributed by atoms with van der Waals surface area (Å²) in [7, 11) is 0. The molecule has 1 aromatic heterocycles. The zero-order valence-corrected chi connectivity index (χ0v) is 11.7. The van der Waals surface area contributed by atoms with Gasteiger partial charge in [0, 0.05) is 36.4 Å². The predicted octanol–water partition coefficient (Wildman–Crippen LogP) is 3.54. The molecule has 0 spiro atoms. The molecule has 0 saturated carbocycles. The number of Topliss-reactive ketones (excluding diaryl/α,β-unsaturated/α-hetero) is 2. The number of pyridine rings is 1. The summed E-state index contributed by atoms with van der Waals surface area (Å²) in [6.07, 6.45) is 3.60. The van der Waals surface area contributed by atoms with E-state index >= 15 is 0 Å². The molecule has 0 bridgehead atoms. The lowest BCUT2D eigenvalue weighted by Gasteiger charge is -2.04. The highest BCUT2D eigenvalue weighted by atomic mass is 16.1. The van der Waals surface area contributed by atoms with Gasteiger partial charge in [-0.1, -0.05) is 12.1 Å². The first-order valence-electron chi connectivity index (χ1n) is 6.61. The van der Waals surface area contributed by atoms with Gasteiger partial charge in [0.1, 0.15) is 0 Å². The summed E-state index contributed by atoms with van der Waals surface area (Å²) >= 11 is 0. The molecule has 0 fully saturated rings. The molecule has 2 aromatic rings. The second kappa shape index (κ2) is 6.24. The molecular weight excluding hydrogens is 250 g/mol. The summed E-state index contributed by atoms with van der Waals surface area (Å²) in [6.45, 7) is 3.99. The molecule has 0 aliphatic carbocycles. The van der Waals surface area contributed by atoms with E-state index in [4.69, 9.17) is 0 Å². The van der Waals surface area contributed by atoms with Gasteiger partial charge in [0.15, 0.2) is 11.6 Å². The van der Waals surface area contributed by atoms with Crippen LogP contribution in [0.5, 0.6) is 0 Å². The topological polar surface area (TPSA) is 47.0 Å². The van der Waals surface area contributed by atoms with Crippen molar-refractivity contribution >= 4 is 11.6 Å². The van der Waals surface area contributed by atoms with E-state index in [9.17, 15) is 9.59 Å². The number of hydrogen-bond donors (Lipinski definition) is 0. The van der Waals surface area contributed by atoms with Crippen molar-refractivity contribution in [2.24, 2.45) is 0 Å². The highest BCUT2D eigenvalue weighted by Gasteiger charge is 2.11. The number of carbonyl (C=O) groups excluding carboxylic acids is 2. The smallest absolute Gasteiger partial charge is 0.164 e. The van der Waals surface area contributed by atoms with E-state index < -0.39 is 0 Å². The van der Waals surface area contributed by atoms with Crippen molar-refractivity contribution in [2.45, 2.75) is 26.7 Å². The predicted molar refractivity (Wildman–Crippen MR) is 78.0 cm³/mol. The number of ketones is 2. The van der Waals surface area contributed by atoms with Crippen molar-refractivity contribution in [3.05, 3.63) is 65.0 Å². The van der Waals surface area contributed by atoms with Crippen LogP contribution in [0.25, 0.3) is 0 Å². The van der Waals surface area contributed by atoms with Gasteiger partial charge in [-0.2, -0.15) is 0 Å². The molecule has 3 nitrogen and oxygen atoms in total. The van der Waals surface area contributed by atoms with Gasteiger partial charge in [0.05, 0.1) is 0 Å². The molecule has 1 heterocycles. The van der Waals surface area contributed by atoms with Gasteiger partial charge >= 0.3 is 0 Å². The number of nitrogens with zero attached hydrogens (tertiary/aromatic N) is 1. The van der Waals surface area contributed by atoms with Gasteiger partial charge in [-0.3, -0.25) is 14.6 Å². The first-order valence-corrected chi connectivity index (χ1v) is 6.61. The lowest BCUT2D eigenvalue weighted by molar-refractivity contribution is 0.0917. The maximum absolute atomic E-state index is 12.1. The Morgan fingerprint density at radius 3 is 2.25 bits per heavy atom. The molecule has 20 heavy (non-hydrogen) atoms. The van der Waals surface area contributed by atoms with Crippen LogP contribution >= 0.6 is 0 Å². The highest BCUT2D eigenvalue weighted by molar-refractivity contribution is 6.02. The molecule has 3 heteroatoms. The van der Waals surface area contributed by atoms with E-state index in [1.165, 1.54) is 6.20 Å². The Balaban J connectivity index is 1.98. The van der Waals surface area contributed by atoms with Crippen molar-refractivity contribution in [1.29, 1.82) is 0 Å². The van der Waals surface area contributed by atoms with E-state index in [0.29, 0.717) is 11.1 Å². The lowest BCUT2D eigenvalue weighted by atomic mass is 9.99. The van der Waals surface area contributed by atoms with Crippen LogP contribution in [-0.4, -0.2) is 16.6 Å². The Kier molecular flexibility index (Phi) is 4.41. The van der Waals surface area contributed by atoms with Gasteiger partial charge < -0.3 is 0 Å². The van der Waals surface area contributed by atoms with Crippen LogP contribution < -0.4 is 0 Å². The average molecular weight is 267 g/mol. The second-order valence-corrected chi connectivity index (χ2v) is 4.89. The zero-order chi connectivity index (χ0) is 14.5. The summed E-state index contributed by atoms with van der Waals surface area (Å²) in [5, 5.41) is 0. The summed E-state index contributed by atoms with van der Waals surface area (Å²) in [6, 6.07) is 9.07. The minimum absolute atomic E-state index is 0.00494. The second-order valence-electron chi connectivity index (χ2n) is 4.89. The Hall–Kier alpha value is -2.29. The molecule has 0 atom stereocenters. The third-order valence-electron chi connectivity index (χ3n) is 3.39. The van der Waals surface area contributed by atoms with Crippen LogP contribution in [0.1, 0.15) is 44.7 Å². The third kappa shape index (κ3) is 3.38. The molecule has 0 N–H and O–H groups in total. The molecule has 0 amide bonds. The molecule has 2 rings (SSSR count). The number of aromatic nitrogens is 1. The maximum Gasteiger partial charge on any atom is 0.164 e. The molecular formula is C17H17NO2. The van der Waals surface area contributed by atoms with E-state index in [1.807, 2.05) is 32.0 Å². The van der Waals surface area contributed by atoms with Crippen molar-refractivity contribution < 1.29 is 9.59 Å².